The van der Waals surface area contributed by atoms with Gasteiger partial charge in [-0.1, -0.05) is 19.1 Å². The van der Waals surface area contributed by atoms with Crippen molar-refractivity contribution in [3.63, 3.8) is 0 Å². The number of nitrogens with zero attached hydrogens (tertiary/aromatic N) is 4. The Morgan fingerprint density at radius 2 is 1.91 bits per heavy atom. The molecule has 1 aromatic carbocycles. The number of anilines is 1. The first-order chi connectivity index (χ1) is 17.1. The summed E-state index contributed by atoms with van der Waals surface area (Å²) in [4.78, 5) is 29.0. The second-order valence-electron chi connectivity index (χ2n) is 9.84. The summed E-state index contributed by atoms with van der Waals surface area (Å²) in [7, 11) is 0. The highest BCUT2D eigenvalue weighted by molar-refractivity contribution is 7.18. The molecule has 0 saturated carbocycles. The highest BCUT2D eigenvalue weighted by Crippen LogP contribution is 2.32. The molecular weight excluding hydrogens is 461 g/mol. The van der Waals surface area contributed by atoms with Gasteiger partial charge >= 0.3 is 0 Å². The molecule has 0 spiro atoms. The number of aryl methyl sites for hydroxylation is 1. The monoisotopic (exact) mass is 495 g/mol. The Balaban J connectivity index is 1.06. The minimum atomic E-state index is -0.173. The highest BCUT2D eigenvalue weighted by Gasteiger charge is 2.28. The molecule has 1 N–H and O–H groups in total. The number of hydrogen-bond acceptors (Lipinski definition) is 6. The topological polar surface area (TPSA) is 61.4 Å². The molecule has 0 radical (unpaired) electrons. The number of piperidine rings is 2. The predicted octanol–water partition coefficient (Wildman–Crippen LogP) is 4.64. The van der Waals surface area contributed by atoms with Crippen molar-refractivity contribution >= 4 is 33.3 Å². The summed E-state index contributed by atoms with van der Waals surface area (Å²) in [6.45, 7) is 7.39. The third-order valence-electron chi connectivity index (χ3n) is 7.44. The molecule has 1 amide bonds. The van der Waals surface area contributed by atoms with E-state index in [0.29, 0.717) is 5.92 Å². The molecule has 0 unspecified atom stereocenters. The minimum Gasteiger partial charge on any atom is -0.356 e. The van der Waals surface area contributed by atoms with E-state index in [2.05, 4.69) is 38.1 Å². The molecule has 4 heterocycles. The van der Waals surface area contributed by atoms with Gasteiger partial charge in [-0.3, -0.25) is 9.69 Å². The summed E-state index contributed by atoms with van der Waals surface area (Å²) in [5, 5.41) is 4.38. The van der Waals surface area contributed by atoms with Crippen LogP contribution < -0.4 is 10.2 Å². The van der Waals surface area contributed by atoms with E-state index in [9.17, 15) is 9.18 Å². The van der Waals surface area contributed by atoms with E-state index >= 15 is 0 Å². The summed E-state index contributed by atoms with van der Waals surface area (Å²) in [6.07, 6.45) is 6.52. The Kier molecular flexibility index (Phi) is 7.58. The van der Waals surface area contributed by atoms with Gasteiger partial charge in [0.25, 0.3) is 0 Å². The van der Waals surface area contributed by atoms with Crippen LogP contribution in [0.4, 0.5) is 10.2 Å². The molecule has 2 aliphatic rings. The smallest absolute Gasteiger partial charge is 0.223 e. The molecule has 0 bridgehead atoms. The van der Waals surface area contributed by atoms with Crippen LogP contribution in [0.5, 0.6) is 0 Å². The number of hydrogen-bond donors (Lipinski definition) is 1. The number of amides is 1. The van der Waals surface area contributed by atoms with Crippen molar-refractivity contribution < 1.29 is 9.18 Å². The van der Waals surface area contributed by atoms with Gasteiger partial charge in [0.05, 0.1) is 5.39 Å². The van der Waals surface area contributed by atoms with Crippen LogP contribution in [0, 0.1) is 17.7 Å². The van der Waals surface area contributed by atoms with Gasteiger partial charge in [-0.15, -0.1) is 11.3 Å². The van der Waals surface area contributed by atoms with Gasteiger partial charge in [0, 0.05) is 37.0 Å². The highest BCUT2D eigenvalue weighted by atomic mass is 32.1. The Morgan fingerprint density at radius 1 is 1.11 bits per heavy atom. The summed E-state index contributed by atoms with van der Waals surface area (Å²) in [5.41, 5.74) is 1.02. The first-order valence-electron chi connectivity index (χ1n) is 12.8. The second kappa shape index (κ2) is 11.0. The van der Waals surface area contributed by atoms with Crippen LogP contribution in [-0.4, -0.2) is 53.5 Å². The average molecular weight is 496 g/mol. The Hall–Kier alpha value is -2.58. The van der Waals surface area contributed by atoms with E-state index in [-0.39, 0.29) is 17.6 Å². The zero-order chi connectivity index (χ0) is 24.2. The number of nitrogens with one attached hydrogen (secondary N) is 1. The van der Waals surface area contributed by atoms with Gasteiger partial charge in [0.1, 0.15) is 22.8 Å². The number of carbonyl (C=O) groups is 1. The molecule has 0 atom stereocenters. The van der Waals surface area contributed by atoms with E-state index in [1.165, 1.54) is 10.9 Å². The number of likely N-dealkylation sites (tertiary alicyclic amines) is 1. The Morgan fingerprint density at radius 3 is 2.66 bits per heavy atom. The van der Waals surface area contributed by atoms with Crippen LogP contribution in [0.15, 0.2) is 36.7 Å². The fourth-order valence-corrected chi connectivity index (χ4v) is 6.23. The van der Waals surface area contributed by atoms with Crippen molar-refractivity contribution in [1.82, 2.24) is 20.2 Å². The van der Waals surface area contributed by atoms with Crippen LogP contribution >= 0.6 is 11.3 Å². The van der Waals surface area contributed by atoms with Crippen molar-refractivity contribution in [2.24, 2.45) is 11.8 Å². The van der Waals surface area contributed by atoms with Gasteiger partial charge in [-0.2, -0.15) is 0 Å². The summed E-state index contributed by atoms with van der Waals surface area (Å²) < 4.78 is 13.4. The van der Waals surface area contributed by atoms with Crippen molar-refractivity contribution in [3.8, 4) is 0 Å². The molecule has 2 aliphatic heterocycles. The van der Waals surface area contributed by atoms with Crippen LogP contribution in [0.3, 0.4) is 0 Å². The average Bonchev–Trinajstić information content (AvgIpc) is 3.32. The number of fused-ring (bicyclic) bond motifs is 1. The number of thiophene rings is 1. The Bertz CT molecular complexity index is 1150. The number of halogens is 1. The largest absolute Gasteiger partial charge is 0.356 e. The van der Waals surface area contributed by atoms with E-state index in [4.69, 9.17) is 0 Å². The number of benzene rings is 1. The molecule has 0 aliphatic carbocycles. The van der Waals surface area contributed by atoms with Crippen LogP contribution in [0.2, 0.25) is 0 Å². The molecule has 3 aromatic rings. The maximum atomic E-state index is 13.4. The van der Waals surface area contributed by atoms with Gasteiger partial charge < -0.3 is 10.2 Å². The molecule has 2 fully saturated rings. The molecule has 35 heavy (non-hydrogen) atoms. The van der Waals surface area contributed by atoms with Gasteiger partial charge in [0.2, 0.25) is 5.91 Å². The van der Waals surface area contributed by atoms with Crippen LogP contribution in [0.25, 0.3) is 10.2 Å². The molecule has 2 aromatic heterocycles. The maximum absolute atomic E-state index is 13.4. The molecule has 5 rings (SSSR count). The lowest BCUT2D eigenvalue weighted by Gasteiger charge is -2.34. The van der Waals surface area contributed by atoms with Crippen LogP contribution in [-0.2, 0) is 17.8 Å². The van der Waals surface area contributed by atoms with E-state index in [1.54, 1.807) is 29.8 Å². The molecule has 6 nitrogen and oxygen atoms in total. The third-order valence-corrected chi connectivity index (χ3v) is 8.63. The number of aromatic nitrogens is 2. The zero-order valence-electron chi connectivity index (χ0n) is 20.4. The fraction of sp³-hybridized carbons (Fsp3) is 0.519. The third kappa shape index (κ3) is 5.81. The summed E-state index contributed by atoms with van der Waals surface area (Å²) in [6, 6.07) is 9.08. The van der Waals surface area contributed by atoms with Crippen molar-refractivity contribution in [2.75, 3.05) is 37.6 Å². The fourth-order valence-electron chi connectivity index (χ4n) is 5.30. The van der Waals surface area contributed by atoms with E-state index in [1.807, 2.05) is 6.07 Å². The van der Waals surface area contributed by atoms with Crippen molar-refractivity contribution in [2.45, 2.75) is 45.6 Å². The van der Waals surface area contributed by atoms with E-state index < -0.39 is 0 Å². The van der Waals surface area contributed by atoms with Crippen molar-refractivity contribution in [3.05, 3.63) is 52.9 Å². The second-order valence-corrected chi connectivity index (χ2v) is 11.0. The minimum absolute atomic E-state index is 0.0744. The normalized spacial score (nSPS) is 18.3. The predicted molar refractivity (Wildman–Crippen MR) is 139 cm³/mol. The van der Waals surface area contributed by atoms with Crippen molar-refractivity contribution in [1.29, 1.82) is 0 Å². The van der Waals surface area contributed by atoms with Gasteiger partial charge in [-0.25, -0.2) is 14.4 Å². The van der Waals surface area contributed by atoms with Gasteiger partial charge in [-0.05, 0) is 74.9 Å². The lowest BCUT2D eigenvalue weighted by Crippen LogP contribution is -2.43. The SMILES string of the molecule is CCc1cc2c(N3CCC(C(=O)NCC4CCN(Cc5cccc(F)c5)CC4)CC3)ncnc2s1. The number of rotatable bonds is 7. The molecular formula is C27H34FN5OS. The van der Waals surface area contributed by atoms with Gasteiger partial charge in [0.15, 0.2) is 0 Å². The number of carbonyl (C=O) groups excluding carboxylic acids is 1. The summed E-state index contributed by atoms with van der Waals surface area (Å²) in [5.74, 6) is 1.63. The maximum Gasteiger partial charge on any atom is 0.223 e. The summed E-state index contributed by atoms with van der Waals surface area (Å²) >= 11 is 1.74. The lowest BCUT2D eigenvalue weighted by molar-refractivity contribution is -0.125. The zero-order valence-corrected chi connectivity index (χ0v) is 21.2. The standard InChI is InChI=1S/C27H34FN5OS/c1-2-23-15-24-25(30-18-31-27(24)35-23)33-12-8-21(9-13-33)26(34)29-16-19-6-10-32(11-7-19)17-20-4-3-5-22(28)14-20/h3-5,14-15,18-19,21H,2,6-13,16-17H2,1H3,(H,29,34). The molecule has 2 saturated heterocycles. The van der Waals surface area contributed by atoms with E-state index in [0.717, 1.165) is 93.0 Å². The Labute approximate surface area is 210 Å². The first-order valence-corrected chi connectivity index (χ1v) is 13.6. The van der Waals surface area contributed by atoms with Crippen LogP contribution in [0.1, 0.15) is 43.0 Å². The quantitative estimate of drug-likeness (QED) is 0.518. The lowest BCUT2D eigenvalue weighted by atomic mass is 9.93. The molecule has 186 valence electrons. The first kappa shape index (κ1) is 24.1. The molecule has 8 heteroatoms.